The summed E-state index contributed by atoms with van der Waals surface area (Å²) < 4.78 is 0. The summed E-state index contributed by atoms with van der Waals surface area (Å²) >= 11 is 0. The number of nitrogens with two attached hydrogens (primary N) is 1. The summed E-state index contributed by atoms with van der Waals surface area (Å²) in [6.45, 7) is 3.95. The Morgan fingerprint density at radius 1 is 1.41 bits per heavy atom. The van der Waals surface area contributed by atoms with Crippen molar-refractivity contribution in [1.29, 1.82) is 0 Å². The second-order valence-electron chi connectivity index (χ2n) is 4.83. The molecule has 1 fully saturated rings. The van der Waals surface area contributed by atoms with Crippen LogP contribution in [0.4, 0.5) is 0 Å². The fourth-order valence-corrected chi connectivity index (χ4v) is 2.54. The van der Waals surface area contributed by atoms with Crippen molar-refractivity contribution in [3.8, 4) is 0 Å². The molecular weight excluding hydrogens is 212 g/mol. The molecule has 1 saturated heterocycles. The molecule has 4 heteroatoms. The van der Waals surface area contributed by atoms with E-state index in [9.17, 15) is 0 Å². The Morgan fingerprint density at radius 2 is 2.29 bits per heavy atom. The normalized spacial score (nSPS) is 21.4. The number of rotatable bonds is 3. The maximum Gasteiger partial charge on any atom is 0.121 e. The minimum absolute atomic E-state index is 0.666. The number of aromatic nitrogens is 2. The van der Waals surface area contributed by atoms with Crippen molar-refractivity contribution >= 4 is 11.0 Å². The van der Waals surface area contributed by atoms with Crippen molar-refractivity contribution in [3.05, 3.63) is 30.1 Å². The first-order chi connectivity index (χ1) is 8.35. The Balaban J connectivity index is 1.73. The Labute approximate surface area is 101 Å². The van der Waals surface area contributed by atoms with Gasteiger partial charge in [-0.2, -0.15) is 0 Å². The van der Waals surface area contributed by atoms with Crippen molar-refractivity contribution in [2.24, 2.45) is 11.7 Å². The minimum atomic E-state index is 0.666. The van der Waals surface area contributed by atoms with Crippen molar-refractivity contribution in [2.75, 3.05) is 19.6 Å². The van der Waals surface area contributed by atoms with Gasteiger partial charge in [-0.05, 0) is 37.6 Å². The first-order valence-electron chi connectivity index (χ1n) is 6.21. The fourth-order valence-electron chi connectivity index (χ4n) is 2.54. The van der Waals surface area contributed by atoms with Gasteiger partial charge in [-0.15, -0.1) is 0 Å². The number of nitrogens with one attached hydrogen (secondary N) is 1. The molecule has 2 aromatic rings. The highest BCUT2D eigenvalue weighted by Gasteiger charge is 2.21. The number of hydrogen-bond donors (Lipinski definition) is 2. The molecule has 0 radical (unpaired) electrons. The number of hydrogen-bond acceptors (Lipinski definition) is 3. The first-order valence-corrected chi connectivity index (χ1v) is 6.21. The molecule has 1 atom stereocenters. The molecule has 0 bridgehead atoms. The van der Waals surface area contributed by atoms with E-state index in [0.717, 1.165) is 43.0 Å². The van der Waals surface area contributed by atoms with Crippen LogP contribution in [0, 0.1) is 5.92 Å². The van der Waals surface area contributed by atoms with Crippen LogP contribution in [-0.2, 0) is 6.54 Å². The second kappa shape index (κ2) is 4.47. The molecule has 4 nitrogen and oxygen atoms in total. The fraction of sp³-hybridized carbons (Fsp3) is 0.462. The van der Waals surface area contributed by atoms with Gasteiger partial charge in [0.1, 0.15) is 5.82 Å². The number of H-pyrrole nitrogens is 1. The lowest BCUT2D eigenvalue weighted by Gasteiger charge is -2.13. The zero-order valence-electron chi connectivity index (χ0n) is 9.89. The van der Waals surface area contributed by atoms with E-state index < -0.39 is 0 Å². The van der Waals surface area contributed by atoms with E-state index in [1.165, 1.54) is 6.42 Å². The lowest BCUT2D eigenvalue weighted by molar-refractivity contribution is 0.311. The van der Waals surface area contributed by atoms with Gasteiger partial charge in [0.05, 0.1) is 17.6 Å². The number of aromatic amines is 1. The predicted molar refractivity (Wildman–Crippen MR) is 68.5 cm³/mol. The first kappa shape index (κ1) is 10.7. The van der Waals surface area contributed by atoms with Crippen LogP contribution in [0.3, 0.4) is 0 Å². The topological polar surface area (TPSA) is 57.9 Å². The Bertz CT molecular complexity index is 472. The SMILES string of the molecule is NCC1CCN(Cc2nc3ccccc3[nH]2)C1. The van der Waals surface area contributed by atoms with E-state index in [1.807, 2.05) is 18.2 Å². The standard InChI is InChI=1S/C13H18N4/c14-7-10-5-6-17(8-10)9-13-15-11-3-1-2-4-12(11)16-13/h1-4,10H,5-9,14H2,(H,15,16). The predicted octanol–water partition coefficient (Wildman–Crippen LogP) is 1.34. The molecule has 1 aliphatic heterocycles. The molecule has 17 heavy (non-hydrogen) atoms. The van der Waals surface area contributed by atoms with Crippen LogP contribution in [0.2, 0.25) is 0 Å². The summed E-state index contributed by atoms with van der Waals surface area (Å²) in [4.78, 5) is 10.4. The highest BCUT2D eigenvalue weighted by Crippen LogP contribution is 2.18. The number of fused-ring (bicyclic) bond motifs is 1. The maximum atomic E-state index is 5.70. The van der Waals surface area contributed by atoms with Gasteiger partial charge < -0.3 is 10.7 Å². The summed E-state index contributed by atoms with van der Waals surface area (Å²) in [5.74, 6) is 1.73. The molecule has 3 N–H and O–H groups in total. The molecule has 3 rings (SSSR count). The van der Waals surface area contributed by atoms with Crippen LogP contribution in [0.15, 0.2) is 24.3 Å². The van der Waals surface area contributed by atoms with Gasteiger partial charge in [-0.1, -0.05) is 12.1 Å². The molecule has 90 valence electrons. The van der Waals surface area contributed by atoms with E-state index in [0.29, 0.717) is 5.92 Å². The quantitative estimate of drug-likeness (QED) is 0.836. The molecule has 0 aliphatic carbocycles. The number of imidazole rings is 1. The number of nitrogens with zero attached hydrogens (tertiary/aromatic N) is 2. The van der Waals surface area contributed by atoms with Crippen LogP contribution in [0.5, 0.6) is 0 Å². The number of benzene rings is 1. The summed E-state index contributed by atoms with van der Waals surface area (Å²) in [5, 5.41) is 0. The van der Waals surface area contributed by atoms with Crippen LogP contribution in [-0.4, -0.2) is 34.5 Å². The zero-order valence-corrected chi connectivity index (χ0v) is 9.89. The van der Waals surface area contributed by atoms with Crippen molar-refractivity contribution in [1.82, 2.24) is 14.9 Å². The van der Waals surface area contributed by atoms with Gasteiger partial charge in [-0.25, -0.2) is 4.98 Å². The number of likely N-dealkylation sites (tertiary alicyclic amines) is 1. The smallest absolute Gasteiger partial charge is 0.121 e. The Morgan fingerprint density at radius 3 is 3.06 bits per heavy atom. The molecule has 1 unspecified atom stereocenters. The minimum Gasteiger partial charge on any atom is -0.341 e. The van der Waals surface area contributed by atoms with Crippen LogP contribution < -0.4 is 5.73 Å². The third-order valence-corrected chi connectivity index (χ3v) is 3.52. The molecule has 0 saturated carbocycles. The summed E-state index contributed by atoms with van der Waals surface area (Å²) in [7, 11) is 0. The number of para-hydroxylation sites is 2. The Kier molecular flexibility index (Phi) is 2.82. The Hall–Kier alpha value is -1.39. The van der Waals surface area contributed by atoms with E-state index in [4.69, 9.17) is 5.73 Å². The summed E-state index contributed by atoms with van der Waals surface area (Å²) in [6, 6.07) is 8.17. The summed E-state index contributed by atoms with van der Waals surface area (Å²) in [5.41, 5.74) is 7.88. The van der Waals surface area contributed by atoms with Gasteiger partial charge >= 0.3 is 0 Å². The highest BCUT2D eigenvalue weighted by molar-refractivity contribution is 5.74. The van der Waals surface area contributed by atoms with E-state index in [2.05, 4.69) is 20.9 Å². The molecule has 0 amide bonds. The van der Waals surface area contributed by atoms with Crippen LogP contribution in [0.25, 0.3) is 11.0 Å². The molecule has 1 aliphatic rings. The monoisotopic (exact) mass is 230 g/mol. The third-order valence-electron chi connectivity index (χ3n) is 3.52. The second-order valence-corrected chi connectivity index (χ2v) is 4.83. The maximum absolute atomic E-state index is 5.70. The molecule has 0 spiro atoms. The van der Waals surface area contributed by atoms with Crippen molar-refractivity contribution in [2.45, 2.75) is 13.0 Å². The molecule has 1 aromatic carbocycles. The average molecular weight is 230 g/mol. The third kappa shape index (κ3) is 2.18. The van der Waals surface area contributed by atoms with Crippen LogP contribution >= 0.6 is 0 Å². The van der Waals surface area contributed by atoms with Gasteiger partial charge in [0.15, 0.2) is 0 Å². The van der Waals surface area contributed by atoms with E-state index >= 15 is 0 Å². The van der Waals surface area contributed by atoms with Gasteiger partial charge in [0.25, 0.3) is 0 Å². The van der Waals surface area contributed by atoms with Gasteiger partial charge in [0.2, 0.25) is 0 Å². The largest absolute Gasteiger partial charge is 0.341 e. The molecule has 1 aromatic heterocycles. The van der Waals surface area contributed by atoms with E-state index in [-0.39, 0.29) is 0 Å². The van der Waals surface area contributed by atoms with Crippen molar-refractivity contribution in [3.63, 3.8) is 0 Å². The summed E-state index contributed by atoms with van der Waals surface area (Å²) in [6.07, 6.45) is 1.22. The molecule has 2 heterocycles. The van der Waals surface area contributed by atoms with Crippen molar-refractivity contribution < 1.29 is 0 Å². The lowest BCUT2D eigenvalue weighted by atomic mass is 10.1. The highest BCUT2D eigenvalue weighted by atomic mass is 15.2. The lowest BCUT2D eigenvalue weighted by Crippen LogP contribution is -2.23. The van der Waals surface area contributed by atoms with Gasteiger partial charge in [0, 0.05) is 6.54 Å². The van der Waals surface area contributed by atoms with Gasteiger partial charge in [-0.3, -0.25) is 4.90 Å². The van der Waals surface area contributed by atoms with E-state index in [1.54, 1.807) is 0 Å². The van der Waals surface area contributed by atoms with Crippen LogP contribution in [0.1, 0.15) is 12.2 Å². The zero-order chi connectivity index (χ0) is 11.7. The molecular formula is C13H18N4. The average Bonchev–Trinajstić information content (AvgIpc) is 2.94.